The van der Waals surface area contributed by atoms with Crippen molar-refractivity contribution in [2.75, 3.05) is 7.11 Å². The quantitative estimate of drug-likeness (QED) is 0.708. The Labute approximate surface area is 187 Å². The Balaban J connectivity index is 1.75. The van der Waals surface area contributed by atoms with Crippen LogP contribution < -0.4 is 9.47 Å². The van der Waals surface area contributed by atoms with Crippen molar-refractivity contribution in [1.82, 2.24) is 0 Å². The summed E-state index contributed by atoms with van der Waals surface area (Å²) in [5.74, 6) is -0.0183. The van der Waals surface area contributed by atoms with E-state index in [2.05, 4.69) is 6.07 Å². The molecule has 4 rings (SSSR count). The third kappa shape index (κ3) is 4.11. The average molecular weight is 431 g/mol. The molecule has 0 saturated carbocycles. The first-order valence-electron chi connectivity index (χ1n) is 10.6. The van der Waals surface area contributed by atoms with Gasteiger partial charge in [0.25, 0.3) is 0 Å². The molecule has 0 radical (unpaired) electrons. The van der Waals surface area contributed by atoms with Crippen molar-refractivity contribution >= 4 is 11.7 Å². The normalized spacial score (nSPS) is 21.9. The number of hydrogen-bond donors (Lipinski definition) is 1. The third-order valence-corrected chi connectivity index (χ3v) is 5.96. The van der Waals surface area contributed by atoms with Crippen molar-refractivity contribution < 1.29 is 19.0 Å². The van der Waals surface area contributed by atoms with Gasteiger partial charge in [-0.15, -0.1) is 0 Å². The summed E-state index contributed by atoms with van der Waals surface area (Å²) < 4.78 is 17.2. The van der Waals surface area contributed by atoms with Crippen LogP contribution in [0.5, 0.6) is 11.5 Å². The van der Waals surface area contributed by atoms with E-state index >= 15 is 0 Å². The van der Waals surface area contributed by atoms with Gasteiger partial charge in [0.15, 0.2) is 17.3 Å². The van der Waals surface area contributed by atoms with Crippen molar-refractivity contribution in [3.63, 3.8) is 0 Å². The van der Waals surface area contributed by atoms with Crippen LogP contribution in [0.4, 0.5) is 0 Å². The predicted octanol–water partition coefficient (Wildman–Crippen LogP) is 5.15. The molecule has 2 aromatic carbocycles. The molecule has 2 aromatic rings. The van der Waals surface area contributed by atoms with Crippen LogP contribution in [0.3, 0.4) is 0 Å². The maximum atomic E-state index is 13.1. The monoisotopic (exact) mass is 430 g/mol. The van der Waals surface area contributed by atoms with Gasteiger partial charge in [0.1, 0.15) is 18.3 Å². The zero-order valence-electron chi connectivity index (χ0n) is 18.5. The number of allylic oxidation sites excluding steroid dienone is 2. The molecule has 1 heterocycles. The molecular weight excluding hydrogens is 404 g/mol. The predicted molar refractivity (Wildman–Crippen MR) is 119 cm³/mol. The zero-order chi connectivity index (χ0) is 22.9. The van der Waals surface area contributed by atoms with E-state index < -0.39 is 11.8 Å². The van der Waals surface area contributed by atoms with E-state index in [-0.39, 0.29) is 17.1 Å². The minimum Gasteiger partial charge on any atom is -0.493 e. The van der Waals surface area contributed by atoms with Gasteiger partial charge in [-0.05, 0) is 28.7 Å². The first kappa shape index (κ1) is 21.6. The fourth-order valence-corrected chi connectivity index (χ4v) is 4.46. The smallest absolute Gasteiger partial charge is 0.205 e. The van der Waals surface area contributed by atoms with Gasteiger partial charge in [0.2, 0.25) is 5.90 Å². The third-order valence-electron chi connectivity index (χ3n) is 5.96. The molecule has 6 heteroatoms. The summed E-state index contributed by atoms with van der Waals surface area (Å²) in [6.45, 7) is 4.37. The van der Waals surface area contributed by atoms with Gasteiger partial charge in [0, 0.05) is 24.3 Å². The van der Waals surface area contributed by atoms with Crippen molar-refractivity contribution in [2.45, 2.75) is 39.2 Å². The summed E-state index contributed by atoms with van der Waals surface area (Å²) in [5, 5.41) is 18.2. The molecule has 6 nitrogen and oxygen atoms in total. The van der Waals surface area contributed by atoms with E-state index in [1.807, 2.05) is 56.3 Å². The number of hydrogen-bond acceptors (Lipinski definition) is 6. The van der Waals surface area contributed by atoms with Crippen LogP contribution in [-0.2, 0) is 16.1 Å². The minimum atomic E-state index is -0.880. The van der Waals surface area contributed by atoms with Crippen LogP contribution >= 0.6 is 0 Å². The average Bonchev–Trinajstić information content (AvgIpc) is 2.76. The van der Waals surface area contributed by atoms with Crippen molar-refractivity contribution in [1.29, 1.82) is 10.7 Å². The van der Waals surface area contributed by atoms with Crippen molar-refractivity contribution in [3.8, 4) is 17.6 Å². The van der Waals surface area contributed by atoms with E-state index in [0.717, 1.165) is 11.1 Å². The topological polar surface area (TPSA) is 92.4 Å². The Morgan fingerprint density at radius 2 is 1.91 bits per heavy atom. The molecule has 2 aliphatic rings. The van der Waals surface area contributed by atoms with E-state index in [1.54, 1.807) is 13.2 Å². The number of ether oxygens (including phenoxy) is 3. The molecule has 2 atom stereocenters. The van der Waals surface area contributed by atoms with Crippen LogP contribution in [0.2, 0.25) is 0 Å². The summed E-state index contributed by atoms with van der Waals surface area (Å²) in [6, 6.07) is 17.4. The summed E-state index contributed by atoms with van der Waals surface area (Å²) in [5.41, 5.74) is 2.00. The fourth-order valence-electron chi connectivity index (χ4n) is 4.46. The number of carbonyl (C=O) groups is 1. The number of ketones is 1. The second-order valence-corrected chi connectivity index (χ2v) is 9.01. The first-order chi connectivity index (χ1) is 15.3. The summed E-state index contributed by atoms with van der Waals surface area (Å²) >= 11 is 0. The number of nitriles is 1. The highest BCUT2D eigenvalue weighted by Gasteiger charge is 2.46. The Kier molecular flexibility index (Phi) is 5.75. The summed E-state index contributed by atoms with van der Waals surface area (Å²) in [7, 11) is 1.57. The lowest BCUT2D eigenvalue weighted by atomic mass is 9.68. The minimum absolute atomic E-state index is 0.0310. The number of rotatable bonds is 5. The van der Waals surface area contributed by atoms with Crippen LogP contribution in [0.25, 0.3) is 0 Å². The second-order valence-electron chi connectivity index (χ2n) is 9.01. The van der Waals surface area contributed by atoms with Gasteiger partial charge in [0.05, 0.1) is 13.2 Å². The van der Waals surface area contributed by atoms with Crippen LogP contribution in [0.15, 0.2) is 59.9 Å². The maximum absolute atomic E-state index is 13.1. The molecule has 1 aliphatic carbocycles. The van der Waals surface area contributed by atoms with Gasteiger partial charge >= 0.3 is 0 Å². The molecule has 32 heavy (non-hydrogen) atoms. The number of nitrogens with zero attached hydrogens (tertiary/aromatic N) is 1. The van der Waals surface area contributed by atoms with Gasteiger partial charge in [-0.25, -0.2) is 0 Å². The van der Waals surface area contributed by atoms with Crippen LogP contribution in [0.1, 0.15) is 43.7 Å². The van der Waals surface area contributed by atoms with Gasteiger partial charge in [-0.2, -0.15) is 5.26 Å². The summed E-state index contributed by atoms with van der Waals surface area (Å²) in [6.07, 6.45) is 0.934. The SMILES string of the molecule is COc1ccc(C2C3=C(CC(C)(C)CC3=O)OC(=N)C2C#N)cc1OCc1ccccc1. The lowest BCUT2D eigenvalue weighted by molar-refractivity contribution is -0.119. The largest absolute Gasteiger partial charge is 0.493 e. The number of nitrogens with one attached hydrogen (secondary N) is 1. The Hall–Kier alpha value is -3.59. The molecule has 0 saturated heterocycles. The molecule has 0 aromatic heterocycles. The molecule has 0 amide bonds. The van der Waals surface area contributed by atoms with E-state index in [0.29, 0.717) is 42.3 Å². The standard InChI is InChI=1S/C26H26N2O4/c1-26(2)12-19(29)24-22(13-26)32-25(28)18(14-27)23(24)17-9-10-20(30-3)21(11-17)31-15-16-7-5-4-6-8-16/h4-11,18,23,28H,12-13,15H2,1-3H3. The molecule has 1 aliphatic heterocycles. The first-order valence-corrected chi connectivity index (χ1v) is 10.6. The van der Waals surface area contributed by atoms with Crippen molar-refractivity contribution in [2.24, 2.45) is 11.3 Å². The highest BCUT2D eigenvalue weighted by molar-refractivity contribution is 6.01. The Bertz CT molecular complexity index is 1130. The molecule has 0 fully saturated rings. The van der Waals surface area contributed by atoms with E-state index in [4.69, 9.17) is 19.6 Å². The number of Topliss-reactive ketones (excluding diaryl/α,β-unsaturated/α-hetero) is 1. The highest BCUT2D eigenvalue weighted by atomic mass is 16.5. The molecule has 1 N–H and O–H groups in total. The van der Waals surface area contributed by atoms with Crippen LogP contribution in [0, 0.1) is 28.1 Å². The highest BCUT2D eigenvalue weighted by Crippen LogP contribution is 2.48. The lowest BCUT2D eigenvalue weighted by Gasteiger charge is -2.39. The van der Waals surface area contributed by atoms with E-state index in [1.165, 1.54) is 0 Å². The van der Waals surface area contributed by atoms with Gasteiger partial charge < -0.3 is 14.2 Å². The Morgan fingerprint density at radius 1 is 1.16 bits per heavy atom. The van der Waals surface area contributed by atoms with Gasteiger partial charge in [-0.3, -0.25) is 10.2 Å². The second kappa shape index (κ2) is 8.51. The number of benzene rings is 2. The summed E-state index contributed by atoms with van der Waals surface area (Å²) in [4.78, 5) is 13.1. The lowest BCUT2D eigenvalue weighted by Crippen LogP contribution is -2.38. The fraction of sp³-hybridized carbons (Fsp3) is 0.346. The molecule has 2 unspecified atom stereocenters. The number of methoxy groups -OCH3 is 1. The molecular formula is C26H26N2O4. The molecule has 0 spiro atoms. The molecule has 0 bridgehead atoms. The van der Waals surface area contributed by atoms with Crippen LogP contribution in [-0.4, -0.2) is 18.8 Å². The Morgan fingerprint density at radius 3 is 2.59 bits per heavy atom. The van der Waals surface area contributed by atoms with Crippen molar-refractivity contribution in [3.05, 3.63) is 71.0 Å². The van der Waals surface area contributed by atoms with E-state index in [9.17, 15) is 10.1 Å². The molecule has 164 valence electrons. The zero-order valence-corrected chi connectivity index (χ0v) is 18.5. The van der Waals surface area contributed by atoms with Gasteiger partial charge in [-0.1, -0.05) is 50.2 Å². The number of carbonyl (C=O) groups excluding carboxylic acids is 1. The maximum Gasteiger partial charge on any atom is 0.205 e.